The van der Waals surface area contributed by atoms with E-state index in [-0.39, 0.29) is 37.6 Å². The Balaban J connectivity index is 1.77. The van der Waals surface area contributed by atoms with Crippen molar-refractivity contribution in [2.24, 2.45) is 0 Å². The first kappa shape index (κ1) is 34.6. The van der Waals surface area contributed by atoms with E-state index in [0.717, 1.165) is 19.3 Å². The second kappa shape index (κ2) is 19.5. The predicted molar refractivity (Wildman–Crippen MR) is 160 cm³/mol. The van der Waals surface area contributed by atoms with Gasteiger partial charge in [-0.15, -0.1) is 0 Å². The van der Waals surface area contributed by atoms with Crippen LogP contribution in [-0.2, 0) is 38.1 Å². The molecule has 0 spiro atoms. The maximum Gasteiger partial charge on any atom is 0.345 e. The molecule has 0 radical (unpaired) electrons. The highest BCUT2D eigenvalue weighted by molar-refractivity contribution is 6.18. The molecule has 0 N–H and O–H groups in total. The van der Waals surface area contributed by atoms with E-state index in [9.17, 15) is 19.2 Å². The van der Waals surface area contributed by atoms with E-state index in [1.54, 1.807) is 76.2 Å². The molecule has 0 bridgehead atoms. The summed E-state index contributed by atoms with van der Waals surface area (Å²) in [5, 5.41) is 0. The van der Waals surface area contributed by atoms with Gasteiger partial charge in [0.05, 0.1) is 39.6 Å². The Bertz CT molecular complexity index is 1110. The first-order valence-corrected chi connectivity index (χ1v) is 14.4. The molecule has 10 heteroatoms. The molecule has 2 aromatic rings. The number of rotatable bonds is 18. The third-order valence-corrected chi connectivity index (χ3v) is 5.69. The van der Waals surface area contributed by atoms with Crippen molar-refractivity contribution in [3.05, 3.63) is 70.8 Å². The third kappa shape index (κ3) is 12.4. The van der Waals surface area contributed by atoms with Gasteiger partial charge in [0, 0.05) is 0 Å². The lowest BCUT2D eigenvalue weighted by Gasteiger charge is -2.09. The van der Waals surface area contributed by atoms with E-state index in [2.05, 4.69) is 0 Å². The highest BCUT2D eigenvalue weighted by atomic mass is 16.6. The van der Waals surface area contributed by atoms with Gasteiger partial charge in [-0.05, 0) is 94.5 Å². The van der Waals surface area contributed by atoms with Crippen LogP contribution in [0.5, 0.6) is 11.5 Å². The normalized spacial score (nSPS) is 10.1. The van der Waals surface area contributed by atoms with Gasteiger partial charge in [0.15, 0.2) is 0 Å². The van der Waals surface area contributed by atoms with Crippen LogP contribution in [-0.4, -0.2) is 63.5 Å². The lowest BCUT2D eigenvalue weighted by molar-refractivity contribution is -0.148. The molecule has 0 aliphatic heterocycles. The molecule has 0 amide bonds. The molecule has 0 aromatic heterocycles. The zero-order chi connectivity index (χ0) is 31.5. The molecular formula is C33H40O10. The minimum atomic E-state index is -0.727. The van der Waals surface area contributed by atoms with Gasteiger partial charge in [-0.25, -0.2) is 19.2 Å². The molecule has 10 nitrogen and oxygen atoms in total. The topological polar surface area (TPSA) is 124 Å². The Morgan fingerprint density at radius 2 is 0.791 bits per heavy atom. The largest absolute Gasteiger partial charge is 0.494 e. The number of hydrogen-bond acceptors (Lipinski definition) is 10. The van der Waals surface area contributed by atoms with Gasteiger partial charge in [-0.1, -0.05) is 24.3 Å². The van der Waals surface area contributed by atoms with Gasteiger partial charge in [0.2, 0.25) is 0 Å². The van der Waals surface area contributed by atoms with Crippen LogP contribution >= 0.6 is 0 Å². The highest BCUT2D eigenvalue weighted by Gasteiger charge is 2.22. The fourth-order valence-corrected chi connectivity index (χ4v) is 3.65. The molecule has 0 fully saturated rings. The minimum Gasteiger partial charge on any atom is -0.494 e. The van der Waals surface area contributed by atoms with Gasteiger partial charge in [-0.2, -0.15) is 0 Å². The van der Waals surface area contributed by atoms with E-state index < -0.39 is 23.9 Å². The van der Waals surface area contributed by atoms with Crippen molar-refractivity contribution < 1.29 is 47.6 Å². The van der Waals surface area contributed by atoms with Crippen LogP contribution in [0.4, 0.5) is 0 Å². The van der Waals surface area contributed by atoms with Crippen molar-refractivity contribution in [3.8, 4) is 11.5 Å². The summed E-state index contributed by atoms with van der Waals surface area (Å²) in [6, 6.07) is 14.1. The molecule has 0 aliphatic rings. The highest BCUT2D eigenvalue weighted by Crippen LogP contribution is 2.18. The standard InChI is InChI=1S/C33H40O10/c1-5-38-30(34)28(31(35)39-6-2)22-24-12-16-26(17-13-24)42-20-10-9-11-21-43-27-18-14-25(15-19-27)23-29(32(36)40-7-3)33(37)41-8-4/h12-19,22-23H,5-11,20-21H2,1-4H3. The summed E-state index contributed by atoms with van der Waals surface area (Å²) in [5.74, 6) is -1.56. The maximum absolute atomic E-state index is 12.1. The van der Waals surface area contributed by atoms with Crippen molar-refractivity contribution in [2.45, 2.75) is 47.0 Å². The first-order valence-electron chi connectivity index (χ1n) is 14.4. The zero-order valence-corrected chi connectivity index (χ0v) is 25.2. The van der Waals surface area contributed by atoms with Crippen molar-refractivity contribution in [3.63, 3.8) is 0 Å². The van der Waals surface area contributed by atoms with Crippen LogP contribution in [0.15, 0.2) is 59.7 Å². The first-order chi connectivity index (χ1) is 20.8. The van der Waals surface area contributed by atoms with E-state index in [0.29, 0.717) is 35.8 Å². The smallest absolute Gasteiger partial charge is 0.345 e. The summed E-state index contributed by atoms with van der Waals surface area (Å²) >= 11 is 0. The lowest BCUT2D eigenvalue weighted by Crippen LogP contribution is -2.18. The number of esters is 4. The number of ether oxygens (including phenoxy) is 6. The molecule has 0 saturated heterocycles. The zero-order valence-electron chi connectivity index (χ0n) is 25.2. The summed E-state index contributed by atoms with van der Waals surface area (Å²) in [4.78, 5) is 48.5. The van der Waals surface area contributed by atoms with Crippen LogP contribution in [0, 0.1) is 0 Å². The molecule has 2 aromatic carbocycles. The van der Waals surface area contributed by atoms with Gasteiger partial charge in [-0.3, -0.25) is 0 Å². The fourth-order valence-electron chi connectivity index (χ4n) is 3.65. The van der Waals surface area contributed by atoms with Crippen molar-refractivity contribution in [2.75, 3.05) is 39.6 Å². The molecule has 0 aliphatic carbocycles. The van der Waals surface area contributed by atoms with Gasteiger partial charge in [0.25, 0.3) is 0 Å². The predicted octanol–water partition coefficient (Wildman–Crippen LogP) is 5.33. The molecule has 0 unspecified atom stereocenters. The van der Waals surface area contributed by atoms with E-state index in [1.807, 2.05) is 0 Å². The number of unbranched alkanes of at least 4 members (excludes halogenated alkanes) is 2. The number of carbonyl (C=O) groups is 4. The molecular weight excluding hydrogens is 556 g/mol. The van der Waals surface area contributed by atoms with Crippen LogP contribution in [0.1, 0.15) is 58.1 Å². The molecule has 43 heavy (non-hydrogen) atoms. The molecule has 0 heterocycles. The Kier molecular flexibility index (Phi) is 15.7. The molecule has 2 rings (SSSR count). The summed E-state index contributed by atoms with van der Waals surface area (Å²) < 4.78 is 31.4. The summed E-state index contributed by atoms with van der Waals surface area (Å²) in [5.41, 5.74) is 0.959. The lowest BCUT2D eigenvalue weighted by atomic mass is 10.1. The second-order valence-electron chi connectivity index (χ2n) is 8.89. The second-order valence-corrected chi connectivity index (χ2v) is 8.89. The van der Waals surface area contributed by atoms with Crippen molar-refractivity contribution in [1.82, 2.24) is 0 Å². The number of hydrogen-bond donors (Lipinski definition) is 0. The van der Waals surface area contributed by atoms with Gasteiger partial charge in [0.1, 0.15) is 22.6 Å². The Morgan fingerprint density at radius 3 is 1.07 bits per heavy atom. The van der Waals surface area contributed by atoms with Crippen molar-refractivity contribution in [1.29, 1.82) is 0 Å². The molecule has 0 atom stereocenters. The Morgan fingerprint density at radius 1 is 0.488 bits per heavy atom. The Labute approximate surface area is 252 Å². The summed E-state index contributed by atoms with van der Waals surface area (Å²) in [6.07, 6.45) is 5.43. The van der Waals surface area contributed by atoms with E-state index in [4.69, 9.17) is 28.4 Å². The van der Waals surface area contributed by atoms with Gasteiger partial charge >= 0.3 is 23.9 Å². The van der Waals surface area contributed by atoms with Gasteiger partial charge < -0.3 is 28.4 Å². The summed E-state index contributed by atoms with van der Waals surface area (Å²) in [6.45, 7) is 8.33. The fraction of sp³-hybridized carbons (Fsp3) is 0.394. The van der Waals surface area contributed by atoms with E-state index >= 15 is 0 Å². The van der Waals surface area contributed by atoms with Crippen LogP contribution in [0.3, 0.4) is 0 Å². The van der Waals surface area contributed by atoms with Crippen molar-refractivity contribution >= 4 is 36.0 Å². The third-order valence-electron chi connectivity index (χ3n) is 5.69. The quantitative estimate of drug-likeness (QED) is 0.0557. The monoisotopic (exact) mass is 596 g/mol. The minimum absolute atomic E-state index is 0.152. The van der Waals surface area contributed by atoms with E-state index in [1.165, 1.54) is 12.2 Å². The van der Waals surface area contributed by atoms with Crippen LogP contribution in [0.25, 0.3) is 12.2 Å². The SMILES string of the molecule is CCOC(=O)C(=Cc1ccc(OCCCCCOc2ccc(C=C(C(=O)OCC)C(=O)OCC)cc2)cc1)C(=O)OCC. The maximum atomic E-state index is 12.1. The number of carbonyl (C=O) groups excluding carboxylic acids is 4. The summed E-state index contributed by atoms with van der Waals surface area (Å²) in [7, 11) is 0. The average molecular weight is 597 g/mol. The number of benzene rings is 2. The van der Waals surface area contributed by atoms with Crippen LogP contribution in [0.2, 0.25) is 0 Å². The van der Waals surface area contributed by atoms with Crippen LogP contribution < -0.4 is 9.47 Å². The molecule has 232 valence electrons. The Hall–Kier alpha value is -4.60. The average Bonchev–Trinajstić information content (AvgIpc) is 2.99. The molecule has 0 saturated carbocycles.